The molecule has 2 atom stereocenters. The first-order chi connectivity index (χ1) is 11.3. The van der Waals surface area contributed by atoms with Crippen LogP contribution in [0.2, 0.25) is 0 Å². The van der Waals surface area contributed by atoms with Crippen LogP contribution in [0.25, 0.3) is 10.4 Å². The Morgan fingerprint density at radius 1 is 1.09 bits per heavy atom. The van der Waals surface area contributed by atoms with Crippen LogP contribution in [-0.2, 0) is 0 Å². The number of para-hydroxylation sites is 2. The summed E-state index contributed by atoms with van der Waals surface area (Å²) >= 11 is 0. The summed E-state index contributed by atoms with van der Waals surface area (Å²) in [6.45, 7) is 2.33. The van der Waals surface area contributed by atoms with E-state index < -0.39 is 12.2 Å². The summed E-state index contributed by atoms with van der Waals surface area (Å²) in [5, 5.41) is 13.8. The van der Waals surface area contributed by atoms with Crippen LogP contribution in [0.4, 0.5) is 0 Å². The molecule has 2 aromatic carbocycles. The number of benzene rings is 2. The lowest BCUT2D eigenvalue weighted by Gasteiger charge is -2.24. The Morgan fingerprint density at radius 2 is 1.74 bits per heavy atom. The fraction of sp³-hybridized carbons (Fsp3) is 0.294. The van der Waals surface area contributed by atoms with E-state index in [-0.39, 0.29) is 6.54 Å². The zero-order valence-corrected chi connectivity index (χ0v) is 12.9. The Kier molecular flexibility index (Phi) is 6.29. The molecule has 0 spiro atoms. The maximum atomic E-state index is 10.3. The molecule has 0 heterocycles. The average molecular weight is 313 g/mol. The maximum Gasteiger partial charge on any atom is 0.162 e. The molecule has 120 valence electrons. The monoisotopic (exact) mass is 313 g/mol. The zero-order chi connectivity index (χ0) is 16.5. The third-order valence-electron chi connectivity index (χ3n) is 3.21. The first kappa shape index (κ1) is 16.7. The topological polar surface area (TPSA) is 87.5 Å². The average Bonchev–Trinajstić information content (AvgIpc) is 2.60. The molecule has 0 saturated carbocycles. The van der Waals surface area contributed by atoms with E-state index in [1.165, 1.54) is 0 Å². The van der Waals surface area contributed by atoms with Crippen molar-refractivity contribution in [2.24, 2.45) is 5.11 Å². The molecule has 0 aliphatic heterocycles. The predicted molar refractivity (Wildman–Crippen MR) is 87.4 cm³/mol. The standard InChI is InChI=1S/C17H19N3O3/c1-2-22-15-10-6-7-11-16(15)23-17(14(21)12-19-20-18)13-8-4-3-5-9-13/h3-11,14,17,21H,2,12H2,1H3/t14-,17+/m1/s1. The van der Waals surface area contributed by atoms with Crippen LogP contribution < -0.4 is 9.47 Å². The fourth-order valence-electron chi connectivity index (χ4n) is 2.19. The summed E-state index contributed by atoms with van der Waals surface area (Å²) in [6, 6.07) is 16.6. The van der Waals surface area contributed by atoms with E-state index in [0.717, 1.165) is 5.56 Å². The predicted octanol–water partition coefficient (Wildman–Crippen LogP) is 3.88. The number of hydrogen-bond donors (Lipinski definition) is 1. The van der Waals surface area contributed by atoms with Crippen molar-refractivity contribution in [3.8, 4) is 11.5 Å². The van der Waals surface area contributed by atoms with Gasteiger partial charge in [-0.25, -0.2) is 0 Å². The number of ether oxygens (including phenoxy) is 2. The fourth-order valence-corrected chi connectivity index (χ4v) is 2.19. The zero-order valence-electron chi connectivity index (χ0n) is 12.9. The van der Waals surface area contributed by atoms with Crippen LogP contribution in [0.15, 0.2) is 59.7 Å². The van der Waals surface area contributed by atoms with Gasteiger partial charge in [0.25, 0.3) is 0 Å². The molecule has 0 aromatic heterocycles. The molecule has 0 aliphatic carbocycles. The lowest BCUT2D eigenvalue weighted by atomic mass is 10.0. The molecule has 0 amide bonds. The third-order valence-corrected chi connectivity index (χ3v) is 3.21. The molecule has 6 nitrogen and oxygen atoms in total. The van der Waals surface area contributed by atoms with E-state index >= 15 is 0 Å². The van der Waals surface area contributed by atoms with Crippen molar-refractivity contribution in [3.05, 3.63) is 70.6 Å². The number of aliphatic hydroxyl groups excluding tert-OH is 1. The van der Waals surface area contributed by atoms with Gasteiger partial charge in [0.2, 0.25) is 0 Å². The lowest BCUT2D eigenvalue weighted by Crippen LogP contribution is -2.26. The van der Waals surface area contributed by atoms with Gasteiger partial charge in [0.05, 0.1) is 13.2 Å². The van der Waals surface area contributed by atoms with Gasteiger partial charge in [-0.3, -0.25) is 0 Å². The van der Waals surface area contributed by atoms with Crippen molar-refractivity contribution in [2.75, 3.05) is 13.2 Å². The van der Waals surface area contributed by atoms with Crippen LogP contribution in [0.3, 0.4) is 0 Å². The Balaban J connectivity index is 2.29. The van der Waals surface area contributed by atoms with Gasteiger partial charge in [-0.15, -0.1) is 0 Å². The minimum absolute atomic E-state index is 0.0765. The quantitative estimate of drug-likeness (QED) is 0.456. The number of azide groups is 1. The number of rotatable bonds is 8. The van der Waals surface area contributed by atoms with Gasteiger partial charge in [0.15, 0.2) is 11.5 Å². The number of aliphatic hydroxyl groups is 1. The molecule has 0 aliphatic rings. The second kappa shape index (κ2) is 8.68. The highest BCUT2D eigenvalue weighted by Crippen LogP contribution is 2.32. The molecule has 0 saturated heterocycles. The van der Waals surface area contributed by atoms with Crippen molar-refractivity contribution >= 4 is 0 Å². The summed E-state index contributed by atoms with van der Waals surface area (Å²) in [6.07, 6.45) is -1.63. The van der Waals surface area contributed by atoms with E-state index in [1.54, 1.807) is 12.1 Å². The van der Waals surface area contributed by atoms with Gasteiger partial charge in [0.1, 0.15) is 12.2 Å². The van der Waals surface area contributed by atoms with Gasteiger partial charge >= 0.3 is 0 Å². The van der Waals surface area contributed by atoms with E-state index in [9.17, 15) is 5.11 Å². The van der Waals surface area contributed by atoms with Crippen molar-refractivity contribution in [1.82, 2.24) is 0 Å². The summed E-state index contributed by atoms with van der Waals surface area (Å²) < 4.78 is 11.5. The molecule has 0 radical (unpaired) electrons. The van der Waals surface area contributed by atoms with Crippen LogP contribution in [-0.4, -0.2) is 24.4 Å². The molecule has 0 bridgehead atoms. The Hall–Kier alpha value is -2.69. The van der Waals surface area contributed by atoms with Gasteiger partial charge in [-0.1, -0.05) is 47.6 Å². The molecule has 23 heavy (non-hydrogen) atoms. The lowest BCUT2D eigenvalue weighted by molar-refractivity contribution is 0.0395. The van der Waals surface area contributed by atoms with Crippen LogP contribution >= 0.6 is 0 Å². The Morgan fingerprint density at radius 3 is 2.39 bits per heavy atom. The highest BCUT2D eigenvalue weighted by Gasteiger charge is 2.23. The van der Waals surface area contributed by atoms with Gasteiger partial charge < -0.3 is 14.6 Å². The largest absolute Gasteiger partial charge is 0.490 e. The number of hydrogen-bond acceptors (Lipinski definition) is 4. The second-order valence-corrected chi connectivity index (χ2v) is 4.81. The van der Waals surface area contributed by atoms with Crippen LogP contribution in [0.1, 0.15) is 18.6 Å². The van der Waals surface area contributed by atoms with Crippen molar-refractivity contribution < 1.29 is 14.6 Å². The maximum absolute atomic E-state index is 10.3. The first-order valence-corrected chi connectivity index (χ1v) is 7.38. The third kappa shape index (κ3) is 4.64. The van der Waals surface area contributed by atoms with E-state index in [2.05, 4.69) is 10.0 Å². The molecular weight excluding hydrogens is 294 g/mol. The second-order valence-electron chi connectivity index (χ2n) is 4.81. The van der Waals surface area contributed by atoms with Crippen LogP contribution in [0.5, 0.6) is 11.5 Å². The highest BCUT2D eigenvalue weighted by molar-refractivity contribution is 5.40. The molecule has 1 N–H and O–H groups in total. The Labute approximate surface area is 134 Å². The van der Waals surface area contributed by atoms with Gasteiger partial charge in [0, 0.05) is 4.91 Å². The molecule has 2 aromatic rings. The van der Waals surface area contributed by atoms with Crippen molar-refractivity contribution in [1.29, 1.82) is 0 Å². The minimum Gasteiger partial charge on any atom is -0.490 e. The molecule has 6 heteroatoms. The first-order valence-electron chi connectivity index (χ1n) is 7.38. The molecule has 0 unspecified atom stereocenters. The summed E-state index contributed by atoms with van der Waals surface area (Å²) in [5.41, 5.74) is 9.25. The normalized spacial score (nSPS) is 12.8. The number of nitrogens with zero attached hydrogens (tertiary/aromatic N) is 3. The van der Waals surface area contributed by atoms with Crippen molar-refractivity contribution in [3.63, 3.8) is 0 Å². The van der Waals surface area contributed by atoms with E-state index in [0.29, 0.717) is 18.1 Å². The molecular formula is C17H19N3O3. The van der Waals surface area contributed by atoms with E-state index in [4.69, 9.17) is 15.0 Å². The molecule has 2 rings (SSSR count). The van der Waals surface area contributed by atoms with Crippen molar-refractivity contribution in [2.45, 2.75) is 19.1 Å². The molecule has 0 fully saturated rings. The SMILES string of the molecule is CCOc1ccccc1O[C@@H](c1ccccc1)[C@H](O)CN=[N+]=[N-]. The summed E-state index contributed by atoms with van der Waals surface area (Å²) in [7, 11) is 0. The minimum atomic E-state index is -0.969. The highest BCUT2D eigenvalue weighted by atomic mass is 16.5. The Bertz CT molecular complexity index is 657. The van der Waals surface area contributed by atoms with Crippen LogP contribution in [0, 0.1) is 0 Å². The van der Waals surface area contributed by atoms with Gasteiger partial charge in [-0.05, 0) is 30.2 Å². The smallest absolute Gasteiger partial charge is 0.162 e. The summed E-state index contributed by atoms with van der Waals surface area (Å²) in [5.74, 6) is 1.13. The van der Waals surface area contributed by atoms with E-state index in [1.807, 2.05) is 49.4 Å². The van der Waals surface area contributed by atoms with Gasteiger partial charge in [-0.2, -0.15) is 0 Å². The summed E-state index contributed by atoms with van der Waals surface area (Å²) in [4.78, 5) is 2.69.